The molecule has 0 aromatic heterocycles. The van der Waals surface area contributed by atoms with E-state index in [0.717, 1.165) is 90.3 Å². The Morgan fingerprint density at radius 1 is 0.600 bits per heavy atom. The second-order valence-corrected chi connectivity index (χ2v) is 14.6. The molecular formula is C44H85N3O3. The highest BCUT2D eigenvalue weighted by molar-refractivity contribution is 5.79. The molecule has 0 aliphatic carbocycles. The van der Waals surface area contributed by atoms with E-state index in [2.05, 4.69) is 55.3 Å². The highest BCUT2D eigenvalue weighted by Crippen LogP contribution is 2.13. The van der Waals surface area contributed by atoms with Gasteiger partial charge in [-0.15, -0.1) is 0 Å². The second-order valence-electron chi connectivity index (χ2n) is 14.6. The Labute approximate surface area is 311 Å². The summed E-state index contributed by atoms with van der Waals surface area (Å²) < 4.78 is 5.44. The normalized spacial score (nSPS) is 11.9. The van der Waals surface area contributed by atoms with Gasteiger partial charge < -0.3 is 20.1 Å². The van der Waals surface area contributed by atoms with Gasteiger partial charge in [0.05, 0.1) is 19.0 Å². The van der Waals surface area contributed by atoms with Crippen LogP contribution in [0, 0.1) is 5.41 Å². The van der Waals surface area contributed by atoms with E-state index in [0.29, 0.717) is 24.9 Å². The molecule has 0 fully saturated rings. The molecule has 0 aromatic carbocycles. The number of aliphatic hydroxyl groups excluding tert-OH is 1. The van der Waals surface area contributed by atoms with Gasteiger partial charge in [-0.1, -0.05) is 148 Å². The number of aliphatic hydroxyl groups is 1. The molecule has 0 amide bonds. The molecule has 0 atom stereocenters. The van der Waals surface area contributed by atoms with Crippen molar-refractivity contribution in [2.24, 2.45) is 0 Å². The smallest absolute Gasteiger partial charge is 0.305 e. The number of nitrogens with one attached hydrogen (secondary N) is 2. The molecule has 0 saturated carbocycles. The molecule has 0 aromatic rings. The number of esters is 1. The maximum absolute atomic E-state index is 12.1. The standard InChI is InChI=1S/C44H85N3O3/c1-4-7-10-13-16-17-18-24-32-41-50-44(49)36-29-25-31-38-47(39-40-48)37-30-23-19-22-28-35-43(45)46-42(33-26-20-14-11-8-5-2)34-27-21-15-12-9-6-3/h14-15,20-21,42,48H,4-13,16-19,22-41H2,1-3H3,(H2,45,46)/b20-14-,21-15-. The molecule has 0 saturated heterocycles. The molecule has 6 nitrogen and oxygen atoms in total. The van der Waals surface area contributed by atoms with Gasteiger partial charge in [0.1, 0.15) is 0 Å². The minimum absolute atomic E-state index is 0.0429. The Hall–Kier alpha value is -1.66. The Balaban J connectivity index is 4.01. The van der Waals surface area contributed by atoms with Gasteiger partial charge in [0.15, 0.2) is 0 Å². The van der Waals surface area contributed by atoms with Crippen LogP contribution in [0.25, 0.3) is 0 Å². The highest BCUT2D eigenvalue weighted by atomic mass is 16.5. The maximum Gasteiger partial charge on any atom is 0.305 e. The molecule has 3 N–H and O–H groups in total. The minimum Gasteiger partial charge on any atom is -0.466 e. The summed E-state index contributed by atoms with van der Waals surface area (Å²) in [5, 5.41) is 21.7. The van der Waals surface area contributed by atoms with E-state index in [1.165, 1.54) is 109 Å². The molecule has 0 aliphatic heterocycles. The molecule has 6 heteroatoms. The lowest BCUT2D eigenvalue weighted by atomic mass is 10.0. The second kappa shape index (κ2) is 40.1. The van der Waals surface area contributed by atoms with E-state index < -0.39 is 0 Å². The zero-order chi connectivity index (χ0) is 36.6. The summed E-state index contributed by atoms with van der Waals surface area (Å²) in [5.74, 6) is 0.666. The van der Waals surface area contributed by atoms with Crippen LogP contribution in [0.1, 0.15) is 207 Å². The minimum atomic E-state index is -0.0429. The third-order valence-electron chi connectivity index (χ3n) is 9.71. The van der Waals surface area contributed by atoms with E-state index in [-0.39, 0.29) is 12.6 Å². The summed E-state index contributed by atoms with van der Waals surface area (Å²) in [5.41, 5.74) is 0. The van der Waals surface area contributed by atoms with Crippen LogP contribution in [0.2, 0.25) is 0 Å². The number of carbonyl (C=O) groups excluding carboxylic acids is 1. The van der Waals surface area contributed by atoms with Crippen LogP contribution in [-0.4, -0.2) is 60.7 Å². The predicted molar refractivity (Wildman–Crippen MR) is 218 cm³/mol. The van der Waals surface area contributed by atoms with Crippen LogP contribution in [0.5, 0.6) is 0 Å². The molecule has 0 spiro atoms. The van der Waals surface area contributed by atoms with Gasteiger partial charge in [0.25, 0.3) is 0 Å². The van der Waals surface area contributed by atoms with Gasteiger partial charge in [0, 0.05) is 25.4 Å². The third kappa shape index (κ3) is 36.1. The molecule has 50 heavy (non-hydrogen) atoms. The lowest BCUT2D eigenvalue weighted by molar-refractivity contribution is -0.143. The average molecular weight is 704 g/mol. The maximum atomic E-state index is 12.1. The lowest BCUT2D eigenvalue weighted by Crippen LogP contribution is -2.34. The molecule has 0 unspecified atom stereocenters. The summed E-state index contributed by atoms with van der Waals surface area (Å²) in [6.07, 6.45) is 42.8. The van der Waals surface area contributed by atoms with Crippen molar-refractivity contribution in [3.05, 3.63) is 24.3 Å². The first kappa shape index (κ1) is 48.3. The van der Waals surface area contributed by atoms with Crippen molar-refractivity contribution >= 4 is 11.8 Å². The third-order valence-corrected chi connectivity index (χ3v) is 9.71. The van der Waals surface area contributed by atoms with E-state index in [9.17, 15) is 9.90 Å². The first-order valence-electron chi connectivity index (χ1n) is 21.7. The van der Waals surface area contributed by atoms with Gasteiger partial charge in [-0.05, 0) is 83.7 Å². The van der Waals surface area contributed by atoms with Crippen LogP contribution in [0.15, 0.2) is 24.3 Å². The van der Waals surface area contributed by atoms with Crippen molar-refractivity contribution in [1.29, 1.82) is 5.41 Å². The topological polar surface area (TPSA) is 85.7 Å². The van der Waals surface area contributed by atoms with Crippen molar-refractivity contribution in [2.75, 3.05) is 32.8 Å². The average Bonchev–Trinajstić information content (AvgIpc) is 3.11. The molecule has 294 valence electrons. The Kier molecular flexibility index (Phi) is 38.8. The SMILES string of the molecule is CCCC/C=C\CCC(CC/C=C\CCCC)NC(=N)CCCCCCCN(CCO)CCCCCC(=O)OCCCCCCCCCCC. The van der Waals surface area contributed by atoms with Crippen molar-refractivity contribution in [2.45, 2.75) is 213 Å². The lowest BCUT2D eigenvalue weighted by Gasteiger charge is -2.21. The number of hydrogen-bond donors (Lipinski definition) is 3. The zero-order valence-electron chi connectivity index (χ0n) is 33.6. The number of ether oxygens (including phenoxy) is 1. The Morgan fingerprint density at radius 3 is 1.62 bits per heavy atom. The van der Waals surface area contributed by atoms with Crippen molar-refractivity contribution < 1.29 is 14.6 Å². The van der Waals surface area contributed by atoms with E-state index >= 15 is 0 Å². The van der Waals surface area contributed by atoms with E-state index in [1.54, 1.807) is 0 Å². The number of amidine groups is 1. The molecule has 0 radical (unpaired) electrons. The fraction of sp³-hybridized carbons (Fsp3) is 0.864. The van der Waals surface area contributed by atoms with Gasteiger partial charge >= 0.3 is 5.97 Å². The van der Waals surface area contributed by atoms with E-state index in [1.807, 2.05) is 0 Å². The summed E-state index contributed by atoms with van der Waals surface area (Å²) in [7, 11) is 0. The number of carbonyl (C=O) groups is 1. The van der Waals surface area contributed by atoms with E-state index in [4.69, 9.17) is 10.1 Å². The van der Waals surface area contributed by atoms with Gasteiger partial charge in [-0.2, -0.15) is 0 Å². The number of rotatable bonds is 39. The van der Waals surface area contributed by atoms with Crippen LogP contribution in [0.3, 0.4) is 0 Å². The molecular weight excluding hydrogens is 619 g/mol. The zero-order valence-corrected chi connectivity index (χ0v) is 33.6. The van der Waals surface area contributed by atoms with Crippen molar-refractivity contribution in [3.8, 4) is 0 Å². The van der Waals surface area contributed by atoms with Gasteiger partial charge in [-0.25, -0.2) is 0 Å². The number of allylic oxidation sites excluding steroid dienone is 4. The quantitative estimate of drug-likeness (QED) is 0.0195. The summed E-state index contributed by atoms with van der Waals surface area (Å²) in [6, 6.07) is 0.384. The first-order chi connectivity index (χ1) is 24.6. The van der Waals surface area contributed by atoms with Crippen LogP contribution in [-0.2, 0) is 9.53 Å². The number of nitrogens with zero attached hydrogens (tertiary/aromatic N) is 1. The fourth-order valence-corrected chi connectivity index (χ4v) is 6.41. The Bertz CT molecular complexity index is 762. The Morgan fingerprint density at radius 2 is 1.06 bits per heavy atom. The molecule has 0 bridgehead atoms. The van der Waals surface area contributed by atoms with Gasteiger partial charge in [0.2, 0.25) is 0 Å². The first-order valence-corrected chi connectivity index (χ1v) is 21.7. The number of unbranched alkanes of at least 4 members (excludes halogenated alkanes) is 18. The summed E-state index contributed by atoms with van der Waals surface area (Å²) in [6.45, 7) is 10.3. The fourth-order valence-electron chi connectivity index (χ4n) is 6.41. The van der Waals surface area contributed by atoms with Gasteiger partial charge in [-0.3, -0.25) is 10.2 Å². The van der Waals surface area contributed by atoms with Crippen LogP contribution >= 0.6 is 0 Å². The largest absolute Gasteiger partial charge is 0.466 e. The van der Waals surface area contributed by atoms with Crippen LogP contribution < -0.4 is 5.32 Å². The summed E-state index contributed by atoms with van der Waals surface area (Å²) >= 11 is 0. The highest BCUT2D eigenvalue weighted by Gasteiger charge is 2.10. The molecule has 0 aliphatic rings. The number of hydrogen-bond acceptors (Lipinski definition) is 5. The summed E-state index contributed by atoms with van der Waals surface area (Å²) in [4.78, 5) is 14.5. The van der Waals surface area contributed by atoms with Crippen molar-refractivity contribution in [3.63, 3.8) is 0 Å². The molecule has 0 rings (SSSR count). The monoisotopic (exact) mass is 704 g/mol. The molecule has 0 heterocycles. The van der Waals surface area contributed by atoms with Crippen molar-refractivity contribution in [1.82, 2.24) is 10.2 Å². The van der Waals surface area contributed by atoms with Crippen LogP contribution in [0.4, 0.5) is 0 Å². The predicted octanol–water partition coefficient (Wildman–Crippen LogP) is 12.2.